The summed E-state index contributed by atoms with van der Waals surface area (Å²) in [6, 6.07) is 17.2. The summed E-state index contributed by atoms with van der Waals surface area (Å²) in [5, 5.41) is 6.40. The Morgan fingerprint density at radius 1 is 1.02 bits per heavy atom. The van der Waals surface area contributed by atoms with Crippen molar-refractivity contribution in [3.63, 3.8) is 0 Å². The smallest absolute Gasteiger partial charge is 0.310 e. The van der Waals surface area contributed by atoms with Crippen molar-refractivity contribution in [2.24, 2.45) is 17.0 Å². The van der Waals surface area contributed by atoms with Crippen LogP contribution in [0, 0.1) is 11.8 Å². The number of amides is 1. The Morgan fingerprint density at radius 3 is 2.38 bits per heavy atom. The van der Waals surface area contributed by atoms with Gasteiger partial charge in [0.2, 0.25) is 5.91 Å². The zero-order valence-corrected chi connectivity index (χ0v) is 26.4. The fraction of sp³-hybridized carbons (Fsp3) is 0.548. The number of rotatable bonds is 16. The van der Waals surface area contributed by atoms with E-state index in [2.05, 4.69) is 43.0 Å². The molecule has 9 nitrogen and oxygen atoms in total. The van der Waals surface area contributed by atoms with Gasteiger partial charge in [0.25, 0.3) is 0 Å². The zero-order chi connectivity index (χ0) is 30.3. The summed E-state index contributed by atoms with van der Waals surface area (Å²) in [7, 11) is 3.52. The SMILES string of the molecule is CCCSSCCOC(=O)Cc1ccc(C(OC2OC(CC)[C@@H](C)[C@H](C)C2NC(=O)CN=[N+]=[N-])c2ccccc2)cc1. The van der Waals surface area contributed by atoms with Crippen LogP contribution in [0.15, 0.2) is 59.7 Å². The highest BCUT2D eigenvalue weighted by atomic mass is 33.1. The van der Waals surface area contributed by atoms with Gasteiger partial charge in [-0.05, 0) is 46.9 Å². The van der Waals surface area contributed by atoms with Gasteiger partial charge in [0.1, 0.15) is 19.3 Å². The largest absolute Gasteiger partial charge is 0.465 e. The molecular weight excluding hydrogens is 572 g/mol. The lowest BCUT2D eigenvalue weighted by Gasteiger charge is -2.45. The minimum Gasteiger partial charge on any atom is -0.465 e. The van der Waals surface area contributed by atoms with Crippen LogP contribution in [0.25, 0.3) is 10.4 Å². The summed E-state index contributed by atoms with van der Waals surface area (Å²) in [6.45, 7) is 8.53. The molecule has 1 amide bonds. The number of hydrogen-bond acceptors (Lipinski definition) is 8. The van der Waals surface area contributed by atoms with E-state index in [1.54, 1.807) is 21.6 Å². The van der Waals surface area contributed by atoms with E-state index < -0.39 is 18.4 Å². The van der Waals surface area contributed by atoms with Crippen LogP contribution in [-0.4, -0.2) is 55.0 Å². The third-order valence-electron chi connectivity index (χ3n) is 7.40. The standard InChI is InChI=1S/C31H42N4O5S2/c1-5-17-41-42-18-16-38-28(37)19-23-12-14-25(15-13-23)30(24-10-8-7-9-11-24)40-31-29(34-27(36)20-33-35-32)22(4)21(3)26(6-2)39-31/h7-15,21-22,26,29-31H,5-6,16-20H2,1-4H3,(H,34,36)/t21-,22-,26?,29?,30?,31?/m0/s1. The fourth-order valence-corrected chi connectivity index (χ4v) is 6.90. The van der Waals surface area contributed by atoms with Crippen molar-refractivity contribution in [1.29, 1.82) is 0 Å². The van der Waals surface area contributed by atoms with E-state index in [9.17, 15) is 9.59 Å². The zero-order valence-electron chi connectivity index (χ0n) is 24.8. The number of nitrogens with zero attached hydrogens (tertiary/aromatic N) is 3. The van der Waals surface area contributed by atoms with Gasteiger partial charge in [0.05, 0.1) is 18.6 Å². The van der Waals surface area contributed by atoms with Crippen molar-refractivity contribution in [3.8, 4) is 0 Å². The first kappa shape index (κ1) is 33.8. The van der Waals surface area contributed by atoms with Gasteiger partial charge in [-0.3, -0.25) is 9.59 Å². The Labute approximate surface area is 256 Å². The highest BCUT2D eigenvalue weighted by molar-refractivity contribution is 8.76. The first-order valence-corrected chi connectivity index (χ1v) is 17.0. The van der Waals surface area contributed by atoms with Gasteiger partial charge in [-0.2, -0.15) is 0 Å². The van der Waals surface area contributed by atoms with E-state index in [1.807, 2.05) is 54.6 Å². The molecule has 0 spiro atoms. The number of carbonyl (C=O) groups excluding carboxylic acids is 2. The van der Waals surface area contributed by atoms with Crippen molar-refractivity contribution in [3.05, 3.63) is 81.7 Å². The maximum absolute atomic E-state index is 12.6. The van der Waals surface area contributed by atoms with E-state index in [-0.39, 0.29) is 42.8 Å². The van der Waals surface area contributed by atoms with E-state index in [0.29, 0.717) is 6.61 Å². The van der Waals surface area contributed by atoms with Gasteiger partial charge in [-0.1, -0.05) is 109 Å². The predicted octanol–water partition coefficient (Wildman–Crippen LogP) is 6.87. The molecule has 3 rings (SSSR count). The number of ether oxygens (including phenoxy) is 3. The third kappa shape index (κ3) is 10.2. The van der Waals surface area contributed by atoms with Crippen LogP contribution >= 0.6 is 21.6 Å². The van der Waals surface area contributed by atoms with E-state index in [0.717, 1.165) is 41.0 Å². The van der Waals surface area contributed by atoms with E-state index in [1.165, 1.54) is 0 Å². The van der Waals surface area contributed by atoms with Crippen LogP contribution in [0.2, 0.25) is 0 Å². The average Bonchev–Trinajstić information content (AvgIpc) is 3.00. The number of benzene rings is 2. The molecule has 2 aromatic carbocycles. The minimum atomic E-state index is -0.732. The lowest BCUT2D eigenvalue weighted by Crippen LogP contribution is -2.58. The molecule has 1 saturated heterocycles. The second-order valence-corrected chi connectivity index (χ2v) is 13.1. The highest BCUT2D eigenvalue weighted by Crippen LogP contribution is 2.37. The lowest BCUT2D eigenvalue weighted by atomic mass is 9.81. The Hall–Kier alpha value is -2.69. The summed E-state index contributed by atoms with van der Waals surface area (Å²) in [5.74, 6) is 1.48. The monoisotopic (exact) mass is 614 g/mol. The fourth-order valence-electron chi connectivity index (χ4n) is 4.94. The molecule has 1 N–H and O–H groups in total. The predicted molar refractivity (Wildman–Crippen MR) is 169 cm³/mol. The number of carbonyl (C=O) groups is 2. The topological polar surface area (TPSA) is 123 Å². The van der Waals surface area contributed by atoms with Crippen molar-refractivity contribution in [2.45, 2.75) is 71.5 Å². The molecule has 1 aliphatic heterocycles. The van der Waals surface area contributed by atoms with Crippen LogP contribution in [0.4, 0.5) is 0 Å². The third-order valence-corrected chi connectivity index (χ3v) is 9.97. The molecule has 0 bridgehead atoms. The summed E-state index contributed by atoms with van der Waals surface area (Å²) in [5.41, 5.74) is 11.3. The molecule has 0 radical (unpaired) electrons. The number of hydrogen-bond donors (Lipinski definition) is 1. The van der Waals surface area contributed by atoms with Gasteiger partial charge >= 0.3 is 5.97 Å². The van der Waals surface area contributed by atoms with E-state index in [4.69, 9.17) is 19.7 Å². The average molecular weight is 615 g/mol. The first-order chi connectivity index (χ1) is 20.4. The normalized spacial score (nSPS) is 22.5. The summed E-state index contributed by atoms with van der Waals surface area (Å²) in [4.78, 5) is 27.6. The van der Waals surface area contributed by atoms with Crippen molar-refractivity contribution < 1.29 is 23.8 Å². The minimum absolute atomic E-state index is 0.0382. The van der Waals surface area contributed by atoms with Gasteiger partial charge in [0.15, 0.2) is 6.29 Å². The Kier molecular flexibility index (Phi) is 14.6. The second-order valence-electron chi connectivity index (χ2n) is 10.4. The summed E-state index contributed by atoms with van der Waals surface area (Å²) in [6.07, 6.45) is 0.882. The van der Waals surface area contributed by atoms with Crippen LogP contribution in [-0.2, 0) is 30.2 Å². The molecule has 228 valence electrons. The van der Waals surface area contributed by atoms with Crippen LogP contribution in [0.3, 0.4) is 0 Å². The summed E-state index contributed by atoms with van der Waals surface area (Å²) < 4.78 is 18.6. The Morgan fingerprint density at radius 2 is 1.71 bits per heavy atom. The number of nitrogens with one attached hydrogen (secondary N) is 1. The Balaban J connectivity index is 1.76. The molecule has 2 aromatic rings. The van der Waals surface area contributed by atoms with Crippen molar-refractivity contribution in [1.82, 2.24) is 5.32 Å². The lowest BCUT2D eigenvalue weighted by molar-refractivity contribution is -0.248. The maximum atomic E-state index is 12.6. The molecule has 11 heteroatoms. The van der Waals surface area contributed by atoms with Crippen LogP contribution in [0.1, 0.15) is 63.3 Å². The number of esters is 1. The number of azide groups is 1. The Bertz CT molecular complexity index is 1160. The second kappa shape index (κ2) is 18.1. The molecule has 1 aliphatic rings. The highest BCUT2D eigenvalue weighted by Gasteiger charge is 2.43. The van der Waals surface area contributed by atoms with Gasteiger partial charge in [0, 0.05) is 16.4 Å². The van der Waals surface area contributed by atoms with Gasteiger partial charge in [-0.25, -0.2) is 0 Å². The maximum Gasteiger partial charge on any atom is 0.310 e. The molecule has 1 heterocycles. The molecular formula is C31H42N4O5S2. The molecule has 0 saturated carbocycles. The molecule has 42 heavy (non-hydrogen) atoms. The molecule has 0 aliphatic carbocycles. The molecule has 6 atom stereocenters. The molecule has 1 fully saturated rings. The quantitative estimate of drug-likeness (QED) is 0.0546. The van der Waals surface area contributed by atoms with Gasteiger partial charge in [-0.15, -0.1) is 0 Å². The van der Waals surface area contributed by atoms with Crippen molar-refractivity contribution in [2.75, 3.05) is 24.7 Å². The molecule has 0 aromatic heterocycles. The molecule has 4 unspecified atom stereocenters. The first-order valence-electron chi connectivity index (χ1n) is 14.5. The van der Waals surface area contributed by atoms with Crippen LogP contribution < -0.4 is 5.32 Å². The van der Waals surface area contributed by atoms with Crippen LogP contribution in [0.5, 0.6) is 0 Å². The van der Waals surface area contributed by atoms with Gasteiger partial charge < -0.3 is 19.5 Å². The van der Waals surface area contributed by atoms with E-state index >= 15 is 0 Å². The van der Waals surface area contributed by atoms with Crippen molar-refractivity contribution >= 4 is 33.5 Å². The summed E-state index contributed by atoms with van der Waals surface area (Å²) >= 11 is 0.